The van der Waals surface area contributed by atoms with Crippen LogP contribution in [0.4, 0.5) is 18.9 Å². The minimum atomic E-state index is -4.48. The third kappa shape index (κ3) is 4.83. The lowest BCUT2D eigenvalue weighted by Crippen LogP contribution is -2.39. The van der Waals surface area contributed by atoms with Gasteiger partial charge in [0.1, 0.15) is 11.7 Å². The molecule has 1 heterocycles. The van der Waals surface area contributed by atoms with Crippen LogP contribution in [0.5, 0.6) is 0 Å². The maximum Gasteiger partial charge on any atom is 0.416 e. The third-order valence-electron chi connectivity index (χ3n) is 5.52. The quantitative estimate of drug-likeness (QED) is 0.684. The molecule has 1 fully saturated rings. The first-order valence-corrected chi connectivity index (χ1v) is 9.92. The smallest absolute Gasteiger partial charge is 0.416 e. The number of rotatable bonds is 6. The summed E-state index contributed by atoms with van der Waals surface area (Å²) in [4.78, 5) is 26.4. The summed E-state index contributed by atoms with van der Waals surface area (Å²) in [5, 5.41) is 6.80. The average molecular weight is 439 g/mol. The second-order valence-electron chi connectivity index (χ2n) is 7.55. The second-order valence-corrected chi connectivity index (χ2v) is 7.55. The fourth-order valence-corrected chi connectivity index (χ4v) is 3.61. The lowest BCUT2D eigenvalue weighted by Gasteiger charge is -2.25. The van der Waals surface area contributed by atoms with Gasteiger partial charge in [0.15, 0.2) is 11.5 Å². The van der Waals surface area contributed by atoms with Gasteiger partial charge in [0.05, 0.1) is 12.7 Å². The van der Waals surface area contributed by atoms with Gasteiger partial charge in [-0.3, -0.25) is 4.79 Å². The van der Waals surface area contributed by atoms with E-state index in [1.807, 2.05) is 0 Å². The summed E-state index contributed by atoms with van der Waals surface area (Å²) in [5.74, 6) is -0.930. The number of nitrogens with one attached hydrogen (secondary N) is 1. The molecule has 1 aromatic carbocycles. The van der Waals surface area contributed by atoms with Crippen LogP contribution in [0, 0.1) is 0 Å². The van der Waals surface area contributed by atoms with Crippen molar-refractivity contribution in [1.29, 1.82) is 0 Å². The molecule has 31 heavy (non-hydrogen) atoms. The number of anilines is 1. The molecular formula is C21H24F3N3O4. The van der Waals surface area contributed by atoms with Gasteiger partial charge in [-0.1, -0.05) is 30.1 Å². The van der Waals surface area contributed by atoms with E-state index in [4.69, 9.17) is 9.26 Å². The topological polar surface area (TPSA) is 84.7 Å². The first kappa shape index (κ1) is 22.6. The Morgan fingerprint density at radius 3 is 2.39 bits per heavy atom. The summed E-state index contributed by atoms with van der Waals surface area (Å²) in [6.45, 7) is 1.58. The van der Waals surface area contributed by atoms with Gasteiger partial charge in [-0.25, -0.2) is 4.79 Å². The summed E-state index contributed by atoms with van der Waals surface area (Å²) in [6, 6.07) is 3.54. The van der Waals surface area contributed by atoms with Crippen LogP contribution in [0.25, 0.3) is 11.3 Å². The number of amides is 1. The number of carbonyl (C=O) groups is 2. The molecule has 3 rings (SSSR count). The van der Waals surface area contributed by atoms with Crippen LogP contribution in [0.15, 0.2) is 28.8 Å². The van der Waals surface area contributed by atoms with E-state index in [1.54, 1.807) is 14.0 Å². The fourth-order valence-electron chi connectivity index (χ4n) is 3.61. The van der Waals surface area contributed by atoms with Gasteiger partial charge in [-0.05, 0) is 31.9 Å². The highest BCUT2D eigenvalue weighted by molar-refractivity contribution is 6.01. The SMILES string of the molecule is COC(=O)C(C)N(C)c1c(C(=O)NC2CCCC2)noc1-c1ccc(C(F)(F)F)cc1. The molecule has 0 radical (unpaired) electrons. The molecule has 1 aliphatic carbocycles. The number of alkyl halides is 3. The predicted molar refractivity (Wildman–Crippen MR) is 107 cm³/mol. The molecule has 10 heteroatoms. The van der Waals surface area contributed by atoms with Crippen LogP contribution in [-0.4, -0.2) is 43.3 Å². The zero-order chi connectivity index (χ0) is 22.8. The number of methoxy groups -OCH3 is 1. The summed E-state index contributed by atoms with van der Waals surface area (Å²) in [5.41, 5.74) is -0.361. The van der Waals surface area contributed by atoms with Gasteiger partial charge >= 0.3 is 12.1 Å². The average Bonchev–Trinajstić information content (AvgIpc) is 3.41. The van der Waals surface area contributed by atoms with E-state index >= 15 is 0 Å². The van der Waals surface area contributed by atoms with Gasteiger partial charge in [0.25, 0.3) is 5.91 Å². The summed E-state index contributed by atoms with van der Waals surface area (Å²) < 4.78 is 48.9. The summed E-state index contributed by atoms with van der Waals surface area (Å²) >= 11 is 0. The molecule has 1 atom stereocenters. The van der Waals surface area contributed by atoms with Crippen molar-refractivity contribution in [3.8, 4) is 11.3 Å². The summed E-state index contributed by atoms with van der Waals surface area (Å²) in [6.07, 6.45) is -0.719. The Kier molecular flexibility index (Phi) is 6.56. The van der Waals surface area contributed by atoms with Gasteiger partial charge in [-0.2, -0.15) is 13.2 Å². The zero-order valence-corrected chi connectivity index (χ0v) is 17.5. The second kappa shape index (κ2) is 8.99. The van der Waals surface area contributed by atoms with E-state index < -0.39 is 29.7 Å². The van der Waals surface area contributed by atoms with E-state index in [2.05, 4.69) is 10.5 Å². The van der Waals surface area contributed by atoms with Gasteiger partial charge in [-0.15, -0.1) is 0 Å². The van der Waals surface area contributed by atoms with Crippen molar-refractivity contribution < 1.29 is 32.0 Å². The molecule has 1 N–H and O–H groups in total. The molecule has 1 aromatic heterocycles. The van der Waals surface area contributed by atoms with Crippen LogP contribution in [0.2, 0.25) is 0 Å². The number of hydrogen-bond donors (Lipinski definition) is 1. The molecule has 1 saturated carbocycles. The highest BCUT2D eigenvalue weighted by atomic mass is 19.4. The number of halogens is 3. The molecular weight excluding hydrogens is 415 g/mol. The molecule has 0 spiro atoms. The molecule has 7 nitrogen and oxygen atoms in total. The predicted octanol–water partition coefficient (Wildman–Crippen LogP) is 4.03. The number of aromatic nitrogens is 1. The molecule has 0 aliphatic heterocycles. The van der Waals surface area contributed by atoms with E-state index in [0.29, 0.717) is 5.56 Å². The normalized spacial score (nSPS) is 15.5. The van der Waals surface area contributed by atoms with Crippen molar-refractivity contribution in [2.24, 2.45) is 0 Å². The lowest BCUT2D eigenvalue weighted by molar-refractivity contribution is -0.141. The number of ether oxygens (including phenoxy) is 1. The minimum absolute atomic E-state index is 0.0231. The Hall–Kier alpha value is -3.04. The Bertz CT molecular complexity index is 934. The van der Waals surface area contributed by atoms with Crippen molar-refractivity contribution in [3.63, 3.8) is 0 Å². The Morgan fingerprint density at radius 1 is 1.23 bits per heavy atom. The van der Waals surface area contributed by atoms with E-state index in [0.717, 1.165) is 37.8 Å². The fraction of sp³-hybridized carbons (Fsp3) is 0.476. The minimum Gasteiger partial charge on any atom is -0.467 e. The molecule has 1 amide bonds. The van der Waals surface area contributed by atoms with E-state index in [-0.39, 0.29) is 23.2 Å². The van der Waals surface area contributed by atoms with Crippen molar-refractivity contribution in [2.45, 2.75) is 50.9 Å². The highest BCUT2D eigenvalue weighted by Crippen LogP contribution is 2.37. The Morgan fingerprint density at radius 2 is 1.84 bits per heavy atom. The van der Waals surface area contributed by atoms with E-state index in [9.17, 15) is 22.8 Å². The first-order valence-electron chi connectivity index (χ1n) is 9.92. The van der Waals surface area contributed by atoms with Crippen LogP contribution in [0.1, 0.15) is 48.7 Å². The van der Waals surface area contributed by atoms with E-state index in [1.165, 1.54) is 24.1 Å². The van der Waals surface area contributed by atoms with Crippen LogP contribution in [-0.2, 0) is 15.7 Å². The molecule has 168 valence electrons. The maximum atomic E-state index is 12.9. The third-order valence-corrected chi connectivity index (χ3v) is 5.52. The van der Waals surface area contributed by atoms with Gasteiger partial charge in [0, 0.05) is 18.7 Å². The Balaban J connectivity index is 2.01. The zero-order valence-electron chi connectivity index (χ0n) is 17.5. The molecule has 1 aliphatic rings. The molecule has 2 aromatic rings. The van der Waals surface area contributed by atoms with Crippen molar-refractivity contribution >= 4 is 17.6 Å². The number of carbonyl (C=O) groups excluding carboxylic acids is 2. The number of esters is 1. The van der Waals surface area contributed by atoms with Crippen LogP contribution in [0.3, 0.4) is 0 Å². The number of nitrogens with zero attached hydrogens (tertiary/aromatic N) is 2. The lowest BCUT2D eigenvalue weighted by atomic mass is 10.1. The van der Waals surface area contributed by atoms with Crippen LogP contribution < -0.4 is 10.2 Å². The highest BCUT2D eigenvalue weighted by Gasteiger charge is 2.33. The standard InChI is InChI=1S/C21H24F3N3O4/c1-12(20(29)30-3)27(2)17-16(19(28)25-15-6-4-5-7-15)26-31-18(17)13-8-10-14(11-9-13)21(22,23)24/h8-12,15H,4-7H2,1-3H3,(H,25,28). The molecule has 0 saturated heterocycles. The van der Waals surface area contributed by atoms with Crippen LogP contribution >= 0.6 is 0 Å². The number of hydrogen-bond acceptors (Lipinski definition) is 6. The first-order chi connectivity index (χ1) is 14.6. The largest absolute Gasteiger partial charge is 0.467 e. The van der Waals surface area contributed by atoms with Crippen molar-refractivity contribution in [3.05, 3.63) is 35.5 Å². The summed E-state index contributed by atoms with van der Waals surface area (Å²) in [7, 11) is 2.80. The monoisotopic (exact) mass is 439 g/mol. The Labute approximate surface area is 177 Å². The maximum absolute atomic E-state index is 12.9. The molecule has 1 unspecified atom stereocenters. The number of benzene rings is 1. The van der Waals surface area contributed by atoms with Crippen molar-refractivity contribution in [1.82, 2.24) is 10.5 Å². The van der Waals surface area contributed by atoms with Crippen molar-refractivity contribution in [2.75, 3.05) is 19.1 Å². The number of likely N-dealkylation sites (N-methyl/N-ethyl adjacent to an activating group) is 1. The molecule has 0 bridgehead atoms. The van der Waals surface area contributed by atoms with Gasteiger partial charge < -0.3 is 19.5 Å². The van der Waals surface area contributed by atoms with Gasteiger partial charge in [0.2, 0.25) is 0 Å².